The Labute approximate surface area is 130 Å². The Morgan fingerprint density at radius 2 is 1.95 bits per heavy atom. The minimum Gasteiger partial charge on any atom is -0.366 e. The molecule has 2 unspecified atom stereocenters. The van der Waals surface area contributed by atoms with Gasteiger partial charge in [-0.25, -0.2) is 0 Å². The van der Waals surface area contributed by atoms with E-state index in [1.165, 1.54) is 18.9 Å². The average Bonchev–Trinajstić information content (AvgIpc) is 3.22. The zero-order chi connectivity index (χ0) is 15.2. The first-order valence-corrected chi connectivity index (χ1v) is 8.01. The molecule has 1 aromatic carbocycles. The SMILES string of the molecule is CC1CNC(C2CC2)CN1c1cc(Br)cc(C(F)(F)F)c1. The molecule has 1 aliphatic heterocycles. The maximum atomic E-state index is 13.0. The first-order valence-electron chi connectivity index (χ1n) is 7.22. The summed E-state index contributed by atoms with van der Waals surface area (Å²) in [6.45, 7) is 3.64. The van der Waals surface area contributed by atoms with E-state index in [4.69, 9.17) is 0 Å². The molecule has 1 aromatic rings. The Balaban J connectivity index is 1.88. The van der Waals surface area contributed by atoms with Crippen molar-refractivity contribution in [3.05, 3.63) is 28.2 Å². The molecule has 2 nitrogen and oxygen atoms in total. The van der Waals surface area contributed by atoms with Gasteiger partial charge in [-0.3, -0.25) is 0 Å². The largest absolute Gasteiger partial charge is 0.416 e. The standard InChI is InChI=1S/C15H18BrF3N2/c1-9-7-20-14(10-2-3-10)8-21(9)13-5-11(15(17,18)19)4-12(16)6-13/h4-6,9-10,14,20H,2-3,7-8H2,1H3. The molecule has 0 radical (unpaired) electrons. The summed E-state index contributed by atoms with van der Waals surface area (Å²) in [6.07, 6.45) is -1.86. The smallest absolute Gasteiger partial charge is 0.366 e. The molecule has 3 rings (SSSR count). The lowest BCUT2D eigenvalue weighted by Gasteiger charge is -2.41. The third-order valence-corrected chi connectivity index (χ3v) is 4.79. The van der Waals surface area contributed by atoms with Crippen LogP contribution in [0, 0.1) is 5.92 Å². The van der Waals surface area contributed by atoms with Gasteiger partial charge < -0.3 is 10.2 Å². The zero-order valence-corrected chi connectivity index (χ0v) is 13.3. The Morgan fingerprint density at radius 3 is 2.57 bits per heavy atom. The summed E-state index contributed by atoms with van der Waals surface area (Å²) in [4.78, 5) is 2.10. The van der Waals surface area contributed by atoms with Crippen LogP contribution in [0.25, 0.3) is 0 Å². The van der Waals surface area contributed by atoms with Gasteiger partial charge in [0.05, 0.1) is 5.56 Å². The van der Waals surface area contributed by atoms with Crippen LogP contribution < -0.4 is 10.2 Å². The van der Waals surface area contributed by atoms with Gasteiger partial charge in [0.1, 0.15) is 0 Å². The van der Waals surface area contributed by atoms with Crippen LogP contribution in [0.15, 0.2) is 22.7 Å². The van der Waals surface area contributed by atoms with Crippen LogP contribution in [0.3, 0.4) is 0 Å². The van der Waals surface area contributed by atoms with Gasteiger partial charge in [-0.2, -0.15) is 13.2 Å². The van der Waals surface area contributed by atoms with E-state index in [1.807, 2.05) is 6.92 Å². The highest BCUT2D eigenvalue weighted by atomic mass is 79.9. The normalized spacial score (nSPS) is 27.0. The summed E-state index contributed by atoms with van der Waals surface area (Å²) < 4.78 is 39.4. The van der Waals surface area contributed by atoms with Crippen LogP contribution in [-0.4, -0.2) is 25.2 Å². The van der Waals surface area contributed by atoms with Crippen molar-refractivity contribution in [3.63, 3.8) is 0 Å². The monoisotopic (exact) mass is 362 g/mol. The highest BCUT2D eigenvalue weighted by Crippen LogP contribution is 2.38. The molecular weight excluding hydrogens is 345 g/mol. The van der Waals surface area contributed by atoms with Gasteiger partial charge in [-0.1, -0.05) is 15.9 Å². The van der Waals surface area contributed by atoms with E-state index in [1.54, 1.807) is 6.07 Å². The predicted molar refractivity (Wildman–Crippen MR) is 80.5 cm³/mol. The third kappa shape index (κ3) is 3.37. The predicted octanol–water partition coefficient (Wildman–Crippen LogP) is 4.04. The van der Waals surface area contributed by atoms with Crippen molar-refractivity contribution in [2.75, 3.05) is 18.0 Å². The molecular formula is C15H18BrF3N2. The van der Waals surface area contributed by atoms with E-state index < -0.39 is 11.7 Å². The lowest BCUT2D eigenvalue weighted by molar-refractivity contribution is -0.137. The molecule has 116 valence electrons. The molecule has 0 amide bonds. The molecule has 0 spiro atoms. The molecule has 2 aliphatic rings. The second-order valence-corrected chi connectivity index (χ2v) is 6.97. The van der Waals surface area contributed by atoms with Crippen LogP contribution in [0.1, 0.15) is 25.3 Å². The number of rotatable bonds is 2. The number of nitrogens with one attached hydrogen (secondary N) is 1. The van der Waals surface area contributed by atoms with Crippen molar-refractivity contribution in [3.8, 4) is 0 Å². The fourth-order valence-electron chi connectivity index (χ4n) is 2.97. The number of benzene rings is 1. The molecule has 1 N–H and O–H groups in total. The number of alkyl halides is 3. The van der Waals surface area contributed by atoms with Crippen molar-refractivity contribution < 1.29 is 13.2 Å². The molecule has 21 heavy (non-hydrogen) atoms. The maximum Gasteiger partial charge on any atom is 0.416 e. The maximum absolute atomic E-state index is 13.0. The fourth-order valence-corrected chi connectivity index (χ4v) is 3.45. The lowest BCUT2D eigenvalue weighted by atomic mass is 10.0. The minimum absolute atomic E-state index is 0.190. The first-order chi connectivity index (χ1) is 9.84. The summed E-state index contributed by atoms with van der Waals surface area (Å²) in [5, 5.41) is 3.51. The highest BCUT2D eigenvalue weighted by molar-refractivity contribution is 9.10. The molecule has 2 atom stereocenters. The number of hydrogen-bond acceptors (Lipinski definition) is 2. The Hall–Kier alpha value is -0.750. The van der Waals surface area contributed by atoms with Crippen molar-refractivity contribution >= 4 is 21.6 Å². The fraction of sp³-hybridized carbons (Fsp3) is 0.600. The van der Waals surface area contributed by atoms with Crippen LogP contribution in [0.2, 0.25) is 0 Å². The van der Waals surface area contributed by atoms with Gasteiger partial charge >= 0.3 is 6.18 Å². The zero-order valence-electron chi connectivity index (χ0n) is 11.8. The summed E-state index contributed by atoms with van der Waals surface area (Å²) in [5.41, 5.74) is 0.0527. The number of piperazine rings is 1. The van der Waals surface area contributed by atoms with Crippen molar-refractivity contribution in [2.45, 2.75) is 38.0 Å². The van der Waals surface area contributed by atoms with Crippen molar-refractivity contribution in [1.82, 2.24) is 5.32 Å². The average molecular weight is 363 g/mol. The van der Waals surface area contributed by atoms with E-state index >= 15 is 0 Å². The summed E-state index contributed by atoms with van der Waals surface area (Å²) in [5.74, 6) is 0.689. The molecule has 2 fully saturated rings. The Bertz CT molecular complexity index is 528. The van der Waals surface area contributed by atoms with E-state index in [9.17, 15) is 13.2 Å². The highest BCUT2D eigenvalue weighted by Gasteiger charge is 2.37. The molecule has 0 bridgehead atoms. The molecule has 0 aromatic heterocycles. The molecule has 6 heteroatoms. The first kappa shape index (κ1) is 15.2. The second kappa shape index (κ2) is 5.47. The van der Waals surface area contributed by atoms with Crippen molar-refractivity contribution in [2.24, 2.45) is 5.92 Å². The number of anilines is 1. The summed E-state index contributed by atoms with van der Waals surface area (Å²) in [7, 11) is 0. The topological polar surface area (TPSA) is 15.3 Å². The number of halogens is 4. The van der Waals surface area contributed by atoms with E-state index in [2.05, 4.69) is 26.1 Å². The second-order valence-electron chi connectivity index (χ2n) is 6.05. The number of nitrogens with zero attached hydrogens (tertiary/aromatic N) is 1. The van der Waals surface area contributed by atoms with Gasteiger partial charge in [-0.15, -0.1) is 0 Å². The van der Waals surface area contributed by atoms with Crippen molar-refractivity contribution in [1.29, 1.82) is 0 Å². The van der Waals surface area contributed by atoms with Gasteiger partial charge in [0.25, 0.3) is 0 Å². The van der Waals surface area contributed by atoms with E-state index in [-0.39, 0.29) is 6.04 Å². The Morgan fingerprint density at radius 1 is 1.24 bits per heavy atom. The van der Waals surface area contributed by atoms with Gasteiger partial charge in [0.15, 0.2) is 0 Å². The van der Waals surface area contributed by atoms with Gasteiger partial charge in [-0.05, 0) is 43.9 Å². The summed E-state index contributed by atoms with van der Waals surface area (Å²) >= 11 is 3.21. The summed E-state index contributed by atoms with van der Waals surface area (Å²) in [6, 6.07) is 4.76. The van der Waals surface area contributed by atoms with Crippen LogP contribution in [0.4, 0.5) is 18.9 Å². The minimum atomic E-state index is -4.31. The van der Waals surface area contributed by atoms with E-state index in [0.29, 0.717) is 22.1 Å². The molecule has 1 heterocycles. The van der Waals surface area contributed by atoms with Gasteiger partial charge in [0, 0.05) is 35.3 Å². The Kier molecular flexibility index (Phi) is 3.94. The van der Waals surface area contributed by atoms with E-state index in [0.717, 1.165) is 19.2 Å². The molecule has 1 saturated heterocycles. The lowest BCUT2D eigenvalue weighted by Crippen LogP contribution is -2.56. The van der Waals surface area contributed by atoms with Crippen LogP contribution >= 0.6 is 15.9 Å². The quantitative estimate of drug-likeness (QED) is 0.853. The number of hydrogen-bond donors (Lipinski definition) is 1. The van der Waals surface area contributed by atoms with Gasteiger partial charge in [0.2, 0.25) is 0 Å². The third-order valence-electron chi connectivity index (χ3n) is 4.33. The van der Waals surface area contributed by atoms with Crippen LogP contribution in [0.5, 0.6) is 0 Å². The molecule has 1 aliphatic carbocycles. The molecule has 1 saturated carbocycles. The van der Waals surface area contributed by atoms with Crippen LogP contribution in [-0.2, 0) is 6.18 Å².